The summed E-state index contributed by atoms with van der Waals surface area (Å²) in [4.78, 5) is 10.2. The van der Waals surface area contributed by atoms with Gasteiger partial charge in [0.05, 0.1) is 0 Å². The minimum absolute atomic E-state index is 0.440. The molecule has 0 aromatic carbocycles. The van der Waals surface area contributed by atoms with Crippen LogP contribution in [0.25, 0.3) is 0 Å². The van der Waals surface area contributed by atoms with E-state index in [-0.39, 0.29) is 0 Å². The van der Waals surface area contributed by atoms with Crippen molar-refractivity contribution in [3.63, 3.8) is 0 Å². The third kappa shape index (κ3) is 2.29. The van der Waals surface area contributed by atoms with Crippen LogP contribution in [0.5, 0.6) is 0 Å². The number of hydrogen-bond donors (Lipinski definition) is 1. The van der Waals surface area contributed by atoms with Crippen LogP contribution in [0.4, 0.5) is 8.78 Å². The summed E-state index contributed by atoms with van der Waals surface area (Å²) in [7, 11) is -2.58. The summed E-state index contributed by atoms with van der Waals surface area (Å²) < 4.78 is 36.9. The smallest absolute Gasteiger partial charge is 0.415 e. The molecule has 14 heavy (non-hydrogen) atoms. The summed E-state index contributed by atoms with van der Waals surface area (Å²) in [6.45, 7) is 0. The molecule has 1 saturated carbocycles. The molecule has 1 atom stereocenters. The van der Waals surface area contributed by atoms with E-state index in [0.717, 1.165) is 19.3 Å². The molecule has 1 N–H and O–H groups in total. The Hall–Kier alpha value is -0.520. The third-order valence-electron chi connectivity index (χ3n) is 2.36. The van der Waals surface area contributed by atoms with Crippen LogP contribution in [0.2, 0.25) is 0 Å². The van der Waals surface area contributed by atoms with E-state index in [1.165, 1.54) is 0 Å². The fourth-order valence-corrected chi connectivity index (χ4v) is 2.93. The molecule has 0 heterocycles. The molecule has 0 bridgehead atoms. The van der Waals surface area contributed by atoms with E-state index in [4.69, 9.17) is 5.11 Å². The van der Waals surface area contributed by atoms with Crippen molar-refractivity contribution < 1.29 is 22.9 Å². The first-order valence-corrected chi connectivity index (χ1v) is 5.69. The molecule has 1 unspecified atom stereocenters. The SMILES string of the molecule is O=C(O)C(F)(F)S(=O)C1CCCCC1. The lowest BCUT2D eigenvalue weighted by atomic mass is 10.0. The Bertz CT molecular complexity index is 249. The number of rotatable bonds is 3. The van der Waals surface area contributed by atoms with Crippen molar-refractivity contribution in [3.05, 3.63) is 0 Å². The van der Waals surface area contributed by atoms with Gasteiger partial charge in [-0.15, -0.1) is 0 Å². The minimum Gasteiger partial charge on any atom is -0.476 e. The van der Waals surface area contributed by atoms with E-state index in [9.17, 15) is 17.8 Å². The second kappa shape index (κ2) is 4.33. The predicted octanol–water partition coefficient (Wildman–Crippen LogP) is 1.75. The lowest BCUT2D eigenvalue weighted by Crippen LogP contribution is -2.39. The Labute approximate surface area is 82.9 Å². The maximum Gasteiger partial charge on any atom is 0.415 e. The molecule has 1 aliphatic carbocycles. The van der Waals surface area contributed by atoms with Crippen molar-refractivity contribution in [1.29, 1.82) is 0 Å². The molecule has 0 amide bonds. The van der Waals surface area contributed by atoms with Crippen molar-refractivity contribution in [1.82, 2.24) is 0 Å². The van der Waals surface area contributed by atoms with Crippen molar-refractivity contribution in [2.45, 2.75) is 42.6 Å². The van der Waals surface area contributed by atoms with Gasteiger partial charge in [0.15, 0.2) is 0 Å². The Morgan fingerprint density at radius 1 is 1.29 bits per heavy atom. The highest BCUT2D eigenvalue weighted by atomic mass is 32.2. The molecule has 1 aliphatic rings. The maximum atomic E-state index is 12.8. The number of hydrogen-bond acceptors (Lipinski definition) is 2. The molecule has 6 heteroatoms. The largest absolute Gasteiger partial charge is 0.476 e. The molecule has 0 aromatic heterocycles. The fourth-order valence-electron chi connectivity index (χ4n) is 1.57. The van der Waals surface area contributed by atoms with Gasteiger partial charge in [0.1, 0.15) is 10.8 Å². The fraction of sp³-hybridized carbons (Fsp3) is 0.875. The van der Waals surface area contributed by atoms with E-state index in [1.54, 1.807) is 0 Å². The summed E-state index contributed by atoms with van der Waals surface area (Å²) in [6, 6.07) is 0. The van der Waals surface area contributed by atoms with Crippen molar-refractivity contribution in [2.75, 3.05) is 0 Å². The van der Waals surface area contributed by atoms with Gasteiger partial charge in [-0.05, 0) is 12.8 Å². The Morgan fingerprint density at radius 2 is 1.79 bits per heavy atom. The second-order valence-electron chi connectivity index (χ2n) is 3.38. The number of aliphatic carboxylic acids is 1. The first-order valence-electron chi connectivity index (χ1n) is 4.48. The van der Waals surface area contributed by atoms with Gasteiger partial charge in [-0.3, -0.25) is 4.21 Å². The highest BCUT2D eigenvalue weighted by Crippen LogP contribution is 2.30. The van der Waals surface area contributed by atoms with E-state index in [0.29, 0.717) is 12.8 Å². The van der Waals surface area contributed by atoms with Crippen LogP contribution in [0.15, 0.2) is 0 Å². The van der Waals surface area contributed by atoms with E-state index < -0.39 is 27.3 Å². The number of alkyl halides is 2. The maximum absolute atomic E-state index is 12.8. The van der Waals surface area contributed by atoms with E-state index in [2.05, 4.69) is 0 Å². The van der Waals surface area contributed by atoms with Gasteiger partial charge in [-0.2, -0.15) is 8.78 Å². The molecule has 0 saturated heterocycles. The second-order valence-corrected chi connectivity index (χ2v) is 5.15. The van der Waals surface area contributed by atoms with Gasteiger partial charge in [0.2, 0.25) is 0 Å². The van der Waals surface area contributed by atoms with Crippen molar-refractivity contribution in [2.24, 2.45) is 0 Å². The van der Waals surface area contributed by atoms with Gasteiger partial charge in [0, 0.05) is 5.25 Å². The standard InChI is InChI=1S/C8H12F2O3S/c9-8(10,7(11)12)14(13)6-4-2-1-3-5-6/h6H,1-5H2,(H,11,12). The quantitative estimate of drug-likeness (QED) is 0.797. The van der Waals surface area contributed by atoms with Crippen LogP contribution in [0, 0.1) is 0 Å². The third-order valence-corrected chi connectivity index (χ3v) is 4.11. The molecule has 0 spiro atoms. The lowest BCUT2D eigenvalue weighted by Gasteiger charge is -2.23. The first-order chi connectivity index (χ1) is 6.46. The molecule has 0 aliphatic heterocycles. The Balaban J connectivity index is 2.67. The van der Waals surface area contributed by atoms with Gasteiger partial charge in [-0.1, -0.05) is 19.3 Å². The zero-order valence-corrected chi connectivity index (χ0v) is 8.36. The van der Waals surface area contributed by atoms with Crippen LogP contribution < -0.4 is 0 Å². The van der Waals surface area contributed by atoms with Gasteiger partial charge in [-0.25, -0.2) is 4.79 Å². The summed E-state index contributed by atoms with van der Waals surface area (Å²) in [5.41, 5.74) is 0. The van der Waals surface area contributed by atoms with Crippen LogP contribution in [-0.4, -0.2) is 25.8 Å². The van der Waals surface area contributed by atoms with Crippen molar-refractivity contribution >= 4 is 16.8 Å². The van der Waals surface area contributed by atoms with Crippen LogP contribution in [0.1, 0.15) is 32.1 Å². The number of carboxylic acids is 1. The average Bonchev–Trinajstić information content (AvgIpc) is 2.17. The molecule has 82 valence electrons. The highest BCUT2D eigenvalue weighted by molar-refractivity contribution is 7.87. The van der Waals surface area contributed by atoms with E-state index in [1.807, 2.05) is 0 Å². The number of halogens is 2. The molecule has 1 fully saturated rings. The predicted molar refractivity (Wildman–Crippen MR) is 47.6 cm³/mol. The molecule has 3 nitrogen and oxygen atoms in total. The molecule has 0 radical (unpaired) electrons. The minimum atomic E-state index is -4.10. The normalized spacial score (nSPS) is 21.9. The van der Waals surface area contributed by atoms with Crippen molar-refractivity contribution in [3.8, 4) is 0 Å². The Kier molecular flexibility index (Phi) is 3.58. The first kappa shape index (κ1) is 11.6. The summed E-state index contributed by atoms with van der Waals surface area (Å²) in [5.74, 6) is -2.29. The molecular weight excluding hydrogens is 214 g/mol. The topological polar surface area (TPSA) is 54.4 Å². The summed E-state index contributed by atoms with van der Waals surface area (Å²) in [5, 5.41) is 3.45. The monoisotopic (exact) mass is 226 g/mol. The molecule has 0 aromatic rings. The average molecular weight is 226 g/mol. The van der Waals surface area contributed by atoms with Crippen LogP contribution in [-0.2, 0) is 15.6 Å². The van der Waals surface area contributed by atoms with Gasteiger partial charge >= 0.3 is 11.2 Å². The molecular formula is C8H12F2O3S. The lowest BCUT2D eigenvalue weighted by molar-refractivity contribution is -0.153. The van der Waals surface area contributed by atoms with E-state index >= 15 is 0 Å². The number of carboxylic acid groups (broad SMARTS) is 1. The summed E-state index contributed by atoms with van der Waals surface area (Å²) >= 11 is 0. The van der Waals surface area contributed by atoms with Crippen LogP contribution >= 0.6 is 0 Å². The Morgan fingerprint density at radius 3 is 2.21 bits per heavy atom. The van der Waals surface area contributed by atoms with Crippen LogP contribution in [0.3, 0.4) is 0 Å². The highest BCUT2D eigenvalue weighted by Gasteiger charge is 2.49. The number of carbonyl (C=O) groups is 1. The summed E-state index contributed by atoms with van der Waals surface area (Å²) in [6.07, 6.45) is 3.34. The zero-order valence-electron chi connectivity index (χ0n) is 7.54. The molecule has 1 rings (SSSR count). The zero-order chi connectivity index (χ0) is 10.8. The van der Waals surface area contributed by atoms with Gasteiger partial charge < -0.3 is 5.11 Å². The van der Waals surface area contributed by atoms with Gasteiger partial charge in [0.25, 0.3) is 0 Å².